The van der Waals surface area contributed by atoms with E-state index in [1.807, 2.05) is 66.7 Å². The van der Waals surface area contributed by atoms with Crippen LogP contribution in [0, 0.1) is 0 Å². The number of nitrogens with one attached hydrogen (secondary N) is 3. The number of aromatic nitrogens is 6. The largest absolute Gasteiger partial charge is 0.326 e. The summed E-state index contributed by atoms with van der Waals surface area (Å²) >= 11 is 0. The first-order chi connectivity index (χ1) is 18.8. The molecule has 2 aromatic carbocycles. The summed E-state index contributed by atoms with van der Waals surface area (Å²) in [6.45, 7) is 0. The maximum Gasteiger partial charge on any atom is 0.284 e. The van der Waals surface area contributed by atoms with Crippen LogP contribution in [-0.2, 0) is 0 Å². The first-order valence-electron chi connectivity index (χ1n) is 12.8. The third-order valence-electron chi connectivity index (χ3n) is 7.10. The zero-order valence-corrected chi connectivity index (χ0v) is 20.6. The number of pyridine rings is 1. The Morgan fingerprint density at radius 3 is 2.63 bits per heavy atom. The topological polar surface area (TPSA) is 104 Å². The molecule has 186 valence electrons. The van der Waals surface area contributed by atoms with E-state index in [0.29, 0.717) is 22.8 Å². The normalized spacial score (nSPS) is 13.6. The van der Waals surface area contributed by atoms with E-state index in [4.69, 9.17) is 5.10 Å². The van der Waals surface area contributed by atoms with Crippen molar-refractivity contribution in [3.05, 3.63) is 101 Å². The Balaban J connectivity index is 1.54. The summed E-state index contributed by atoms with van der Waals surface area (Å²) in [5.41, 5.74) is 6.59. The summed E-state index contributed by atoms with van der Waals surface area (Å²) < 4.78 is 1.52. The highest BCUT2D eigenvalue weighted by Crippen LogP contribution is 2.37. The number of allylic oxidation sites excluding steroid dienone is 2. The number of benzene rings is 2. The number of anilines is 2. The molecule has 0 amide bonds. The van der Waals surface area contributed by atoms with Crippen LogP contribution in [0.2, 0.25) is 0 Å². The van der Waals surface area contributed by atoms with Crippen molar-refractivity contribution >= 4 is 33.8 Å². The average molecular weight is 500 g/mol. The molecule has 8 heteroatoms. The molecule has 7 rings (SSSR count). The molecule has 4 aromatic heterocycles. The lowest BCUT2D eigenvalue weighted by Crippen LogP contribution is -2.20. The summed E-state index contributed by atoms with van der Waals surface area (Å²) in [5.74, 6) is 1.25. The smallest absolute Gasteiger partial charge is 0.284 e. The van der Waals surface area contributed by atoms with Crippen LogP contribution in [0.25, 0.3) is 44.5 Å². The highest BCUT2D eigenvalue weighted by Gasteiger charge is 2.24. The van der Waals surface area contributed by atoms with E-state index >= 15 is 0 Å². The van der Waals surface area contributed by atoms with Crippen molar-refractivity contribution in [2.75, 3.05) is 5.32 Å². The molecule has 6 aromatic rings. The van der Waals surface area contributed by atoms with E-state index in [1.165, 1.54) is 16.5 Å². The van der Waals surface area contributed by atoms with Gasteiger partial charge in [-0.2, -0.15) is 14.7 Å². The number of hydrogen-bond donors (Lipinski definition) is 3. The molecule has 8 nitrogen and oxygen atoms in total. The first kappa shape index (κ1) is 22.2. The van der Waals surface area contributed by atoms with Crippen molar-refractivity contribution < 1.29 is 0 Å². The van der Waals surface area contributed by atoms with Crippen molar-refractivity contribution in [3.63, 3.8) is 0 Å². The van der Waals surface area contributed by atoms with Crippen LogP contribution in [0.5, 0.6) is 0 Å². The lowest BCUT2D eigenvalue weighted by atomic mass is 9.92. The van der Waals surface area contributed by atoms with Crippen LogP contribution in [0.3, 0.4) is 0 Å². The second-order valence-corrected chi connectivity index (χ2v) is 9.51. The molecule has 0 spiro atoms. The van der Waals surface area contributed by atoms with Gasteiger partial charge in [0.05, 0.1) is 17.3 Å². The van der Waals surface area contributed by atoms with Gasteiger partial charge < -0.3 is 10.3 Å². The predicted molar refractivity (Wildman–Crippen MR) is 150 cm³/mol. The summed E-state index contributed by atoms with van der Waals surface area (Å²) in [7, 11) is 0. The molecular formula is C30H25N7O. The molecule has 4 heterocycles. The zero-order chi connectivity index (χ0) is 25.5. The van der Waals surface area contributed by atoms with Crippen molar-refractivity contribution in [2.45, 2.75) is 25.7 Å². The molecule has 0 radical (unpaired) electrons. The average Bonchev–Trinajstić information content (AvgIpc) is 3.62. The quantitative estimate of drug-likeness (QED) is 0.257. The van der Waals surface area contributed by atoms with Gasteiger partial charge in [0.1, 0.15) is 23.0 Å². The Kier molecular flexibility index (Phi) is 5.36. The second-order valence-electron chi connectivity index (χ2n) is 9.51. The fraction of sp³-hybridized carbons (Fsp3) is 0.133. The molecule has 38 heavy (non-hydrogen) atoms. The number of fused-ring (bicyclic) bond motifs is 2. The first-order valence-corrected chi connectivity index (χ1v) is 12.8. The van der Waals surface area contributed by atoms with Gasteiger partial charge in [-0.25, -0.2) is 0 Å². The van der Waals surface area contributed by atoms with E-state index in [9.17, 15) is 4.79 Å². The molecule has 0 saturated carbocycles. The molecule has 0 bridgehead atoms. The molecule has 1 aliphatic carbocycles. The van der Waals surface area contributed by atoms with E-state index in [-0.39, 0.29) is 5.56 Å². The Morgan fingerprint density at radius 2 is 1.82 bits per heavy atom. The van der Waals surface area contributed by atoms with E-state index in [0.717, 1.165) is 52.5 Å². The van der Waals surface area contributed by atoms with Crippen LogP contribution in [0.1, 0.15) is 31.2 Å². The number of hydrogen-bond acceptors (Lipinski definition) is 5. The summed E-state index contributed by atoms with van der Waals surface area (Å²) in [6.07, 6.45) is 9.99. The van der Waals surface area contributed by atoms with Gasteiger partial charge in [-0.1, -0.05) is 48.5 Å². The monoisotopic (exact) mass is 499 g/mol. The van der Waals surface area contributed by atoms with E-state index < -0.39 is 0 Å². The third-order valence-corrected chi connectivity index (χ3v) is 7.10. The van der Waals surface area contributed by atoms with Gasteiger partial charge in [0, 0.05) is 28.8 Å². The number of nitrogens with zero attached hydrogens (tertiary/aromatic N) is 4. The van der Waals surface area contributed by atoms with Gasteiger partial charge in [-0.05, 0) is 55.0 Å². The van der Waals surface area contributed by atoms with Gasteiger partial charge in [0.15, 0.2) is 0 Å². The fourth-order valence-corrected chi connectivity index (χ4v) is 5.29. The standard InChI is InChI=1S/C30H25N7O/c38-30-26(22-13-14-23-21(18-22)12-7-16-31-23)28(33-24-15-17-32-35-24)34-29-25(19-8-3-1-4-9-19)27(36-37(29)30)20-10-5-2-6-11-20/h2,5-8,10-18,34H,1,3-4,9H2,(H2,32,33,35). The predicted octanol–water partition coefficient (Wildman–Crippen LogP) is 6.33. The lowest BCUT2D eigenvalue weighted by molar-refractivity contribution is 0.742. The third kappa shape index (κ3) is 3.78. The van der Waals surface area contributed by atoms with E-state index in [1.54, 1.807) is 12.4 Å². The van der Waals surface area contributed by atoms with Gasteiger partial charge in [0.25, 0.3) is 5.56 Å². The van der Waals surface area contributed by atoms with Crippen LogP contribution in [-0.4, -0.2) is 29.8 Å². The minimum absolute atomic E-state index is 0.205. The molecular weight excluding hydrogens is 474 g/mol. The zero-order valence-electron chi connectivity index (χ0n) is 20.6. The number of aromatic amines is 2. The van der Waals surface area contributed by atoms with Gasteiger partial charge >= 0.3 is 0 Å². The van der Waals surface area contributed by atoms with Gasteiger partial charge in [-0.3, -0.25) is 14.9 Å². The Morgan fingerprint density at radius 1 is 0.895 bits per heavy atom. The molecule has 1 aliphatic rings. The molecule has 0 saturated heterocycles. The van der Waals surface area contributed by atoms with Crippen LogP contribution >= 0.6 is 0 Å². The van der Waals surface area contributed by atoms with E-state index in [2.05, 4.69) is 31.6 Å². The highest BCUT2D eigenvalue weighted by atomic mass is 16.1. The summed E-state index contributed by atoms with van der Waals surface area (Å²) in [4.78, 5) is 22.3. The second kappa shape index (κ2) is 9.15. The summed E-state index contributed by atoms with van der Waals surface area (Å²) in [5, 5.41) is 16.2. The lowest BCUT2D eigenvalue weighted by Gasteiger charge is -2.15. The van der Waals surface area contributed by atoms with Gasteiger partial charge in [-0.15, -0.1) is 0 Å². The molecule has 0 unspecified atom stereocenters. The van der Waals surface area contributed by atoms with Crippen molar-refractivity contribution in [3.8, 4) is 22.4 Å². The van der Waals surface area contributed by atoms with Crippen LogP contribution in [0.15, 0.2) is 90.0 Å². The maximum atomic E-state index is 14.3. The highest BCUT2D eigenvalue weighted by molar-refractivity contribution is 5.91. The maximum absolute atomic E-state index is 14.3. The van der Waals surface area contributed by atoms with Crippen molar-refractivity contribution in [1.29, 1.82) is 0 Å². The van der Waals surface area contributed by atoms with Gasteiger partial charge in [0.2, 0.25) is 0 Å². The van der Waals surface area contributed by atoms with Crippen LogP contribution < -0.4 is 10.9 Å². The fourth-order valence-electron chi connectivity index (χ4n) is 5.29. The van der Waals surface area contributed by atoms with Crippen LogP contribution in [0.4, 0.5) is 11.6 Å². The molecule has 0 atom stereocenters. The molecule has 0 aliphatic heterocycles. The minimum Gasteiger partial charge on any atom is -0.326 e. The number of rotatable bonds is 5. The Bertz CT molecular complexity index is 1860. The Hall–Kier alpha value is -4.98. The molecule has 0 fully saturated rings. The Labute approximate surface area is 218 Å². The SMILES string of the molecule is O=c1c(-c2ccc3ncccc3c2)c(Nc2ccn[nH]2)[nH]c2c(C3=CCCCC3)c(-c3ccccc3)nn12. The van der Waals surface area contributed by atoms with Crippen molar-refractivity contribution in [2.24, 2.45) is 0 Å². The summed E-state index contributed by atoms with van der Waals surface area (Å²) in [6, 6.07) is 21.6. The molecule has 3 N–H and O–H groups in total. The minimum atomic E-state index is -0.205. The number of H-pyrrole nitrogens is 2. The van der Waals surface area contributed by atoms with Crippen molar-refractivity contribution in [1.82, 2.24) is 29.8 Å².